The minimum absolute atomic E-state index is 0.878. The molecule has 0 aliphatic rings. The molecule has 0 heterocycles. The minimum Gasteiger partial charge on any atom is -0.211 e. The number of nitrogens with zero attached hydrogens (tertiary/aromatic N) is 1. The summed E-state index contributed by atoms with van der Waals surface area (Å²) in [6.45, 7) is 2.85. The monoisotopic (exact) mass is 90.0 g/mol. The summed E-state index contributed by atoms with van der Waals surface area (Å²) in [6.07, 6.45) is 0. The summed E-state index contributed by atoms with van der Waals surface area (Å²) < 4.78 is 0. The van der Waals surface area contributed by atoms with Crippen molar-refractivity contribution in [1.82, 2.24) is 5.43 Å². The Labute approximate surface area is 33.9 Å². The van der Waals surface area contributed by atoms with Crippen molar-refractivity contribution < 1.29 is 0 Å². The summed E-state index contributed by atoms with van der Waals surface area (Å²) in [7, 11) is 2.86. The molecule has 0 saturated heterocycles. The van der Waals surface area contributed by atoms with E-state index in [1.165, 1.54) is 0 Å². The lowest BCUT2D eigenvalue weighted by molar-refractivity contribution is 0.798. The van der Waals surface area contributed by atoms with E-state index in [0.29, 0.717) is 0 Å². The molecular weight excluding hydrogens is 83.0 g/mol. The van der Waals surface area contributed by atoms with Crippen molar-refractivity contribution in [2.45, 2.75) is 6.92 Å². The molecule has 1 N–H and O–H groups in total. The standard InChI is InChI=1S/C2H7N2P/c1-2-3-4-5/h3,5H,2H2,1H3. The smallest absolute Gasteiger partial charge is 0.0144 e. The van der Waals surface area contributed by atoms with E-state index in [1.807, 2.05) is 6.92 Å². The van der Waals surface area contributed by atoms with Crippen LogP contribution >= 0.6 is 9.03 Å². The highest BCUT2D eigenvalue weighted by Gasteiger charge is 1.57. The van der Waals surface area contributed by atoms with Crippen LogP contribution in [0, 0.1) is 0 Å². The third kappa shape index (κ3) is 4.06. The van der Waals surface area contributed by atoms with Gasteiger partial charge >= 0.3 is 0 Å². The van der Waals surface area contributed by atoms with Crippen LogP contribution in [0.5, 0.6) is 0 Å². The Kier molecular flexibility index (Phi) is 4.11. The van der Waals surface area contributed by atoms with E-state index in [2.05, 4.69) is 19.3 Å². The fraction of sp³-hybridized carbons (Fsp3) is 1.00. The van der Waals surface area contributed by atoms with Gasteiger partial charge in [0.25, 0.3) is 0 Å². The van der Waals surface area contributed by atoms with Crippen molar-refractivity contribution >= 4 is 9.03 Å². The number of hydrogen-bond donors (Lipinski definition) is 1. The third-order valence-electron chi connectivity index (χ3n) is 0.237. The lowest BCUT2D eigenvalue weighted by Crippen LogP contribution is -1.98. The first-order chi connectivity index (χ1) is 2.41. The van der Waals surface area contributed by atoms with Crippen molar-refractivity contribution in [3.63, 3.8) is 0 Å². The summed E-state index contributed by atoms with van der Waals surface area (Å²) in [5.74, 6) is 0. The van der Waals surface area contributed by atoms with Crippen LogP contribution < -0.4 is 5.43 Å². The molecule has 0 aromatic carbocycles. The van der Waals surface area contributed by atoms with Gasteiger partial charge in [0.15, 0.2) is 0 Å². The van der Waals surface area contributed by atoms with Crippen LogP contribution in [0.1, 0.15) is 6.92 Å². The van der Waals surface area contributed by atoms with E-state index < -0.39 is 0 Å². The average Bonchev–Trinajstić information content (AvgIpc) is 1.41. The molecule has 2 nitrogen and oxygen atoms in total. The number of rotatable bonds is 2. The molecule has 30 valence electrons. The molecule has 0 aliphatic carbocycles. The molecule has 0 atom stereocenters. The fourth-order valence-electron chi connectivity index (χ4n) is 0.0791. The molecule has 0 unspecified atom stereocenters. The van der Waals surface area contributed by atoms with Gasteiger partial charge in [0.1, 0.15) is 0 Å². The minimum atomic E-state index is 0.878. The highest BCUT2D eigenvalue weighted by Crippen LogP contribution is 1.59. The molecule has 0 radical (unpaired) electrons. The van der Waals surface area contributed by atoms with Crippen LogP contribution in [0.25, 0.3) is 0 Å². The maximum atomic E-state index is 3.41. The molecule has 0 rings (SSSR count). The first-order valence-corrected chi connectivity index (χ1v) is 1.96. The molecule has 0 fully saturated rings. The Balaban J connectivity index is 2.40. The summed E-state index contributed by atoms with van der Waals surface area (Å²) in [6, 6.07) is 0. The molecule has 0 spiro atoms. The SMILES string of the molecule is CCNN=P. The van der Waals surface area contributed by atoms with Gasteiger partial charge in [0, 0.05) is 15.6 Å². The van der Waals surface area contributed by atoms with Crippen molar-refractivity contribution in [1.29, 1.82) is 0 Å². The quantitative estimate of drug-likeness (QED) is 0.394. The first-order valence-electron chi connectivity index (χ1n) is 1.51. The summed E-state index contributed by atoms with van der Waals surface area (Å²) >= 11 is 0. The van der Waals surface area contributed by atoms with Crippen molar-refractivity contribution in [3.8, 4) is 0 Å². The molecule has 0 aromatic heterocycles. The second-order valence-corrected chi connectivity index (χ2v) is 0.847. The Morgan fingerprint density at radius 3 is 2.60 bits per heavy atom. The highest BCUT2D eigenvalue weighted by molar-refractivity contribution is 7.03. The fourth-order valence-corrected chi connectivity index (χ4v) is 0.237. The summed E-state index contributed by atoms with van der Waals surface area (Å²) in [5, 5.41) is 0. The maximum Gasteiger partial charge on any atom is 0.0144 e. The van der Waals surface area contributed by atoms with E-state index >= 15 is 0 Å². The molecule has 0 amide bonds. The molecule has 0 aliphatic heterocycles. The molecule has 0 aromatic rings. The van der Waals surface area contributed by atoms with Gasteiger partial charge in [-0.15, -0.1) is 0 Å². The van der Waals surface area contributed by atoms with Gasteiger partial charge in [-0.05, 0) is 0 Å². The predicted molar refractivity (Wildman–Crippen MR) is 24.4 cm³/mol. The Hall–Kier alpha value is 0.0600. The predicted octanol–water partition coefficient (Wildman–Crippen LogP) is 0.837. The van der Waals surface area contributed by atoms with E-state index in [9.17, 15) is 0 Å². The Morgan fingerprint density at radius 1 is 2.00 bits per heavy atom. The van der Waals surface area contributed by atoms with Gasteiger partial charge in [-0.2, -0.15) is 4.85 Å². The van der Waals surface area contributed by atoms with Crippen LogP contribution in [0.3, 0.4) is 0 Å². The van der Waals surface area contributed by atoms with Gasteiger partial charge < -0.3 is 0 Å². The maximum absolute atomic E-state index is 3.41. The van der Waals surface area contributed by atoms with Gasteiger partial charge in [0.05, 0.1) is 0 Å². The summed E-state index contributed by atoms with van der Waals surface area (Å²) in [4.78, 5) is 3.41. The van der Waals surface area contributed by atoms with Gasteiger partial charge in [-0.25, -0.2) is 5.43 Å². The second-order valence-electron chi connectivity index (χ2n) is 0.623. The second kappa shape index (κ2) is 4.06. The lowest BCUT2D eigenvalue weighted by Gasteiger charge is -1.79. The van der Waals surface area contributed by atoms with E-state index in [1.54, 1.807) is 0 Å². The highest BCUT2D eigenvalue weighted by atomic mass is 31.0. The molecule has 0 saturated carbocycles. The van der Waals surface area contributed by atoms with E-state index in [-0.39, 0.29) is 0 Å². The summed E-state index contributed by atoms with van der Waals surface area (Å²) in [5.41, 5.74) is 2.65. The topological polar surface area (TPSA) is 24.4 Å². The Bertz CT molecular complexity index is 28.8. The zero-order valence-corrected chi connectivity index (χ0v) is 4.15. The molecular formula is C2H7N2P. The van der Waals surface area contributed by atoms with Crippen molar-refractivity contribution in [3.05, 3.63) is 0 Å². The largest absolute Gasteiger partial charge is 0.211 e. The van der Waals surface area contributed by atoms with E-state index in [4.69, 9.17) is 0 Å². The molecule has 5 heavy (non-hydrogen) atoms. The van der Waals surface area contributed by atoms with Gasteiger partial charge in [-0.3, -0.25) is 0 Å². The van der Waals surface area contributed by atoms with Crippen LogP contribution in [-0.4, -0.2) is 6.54 Å². The molecule has 3 heteroatoms. The Morgan fingerprint density at radius 2 is 2.60 bits per heavy atom. The normalized spacial score (nSPS) is 7.40. The first kappa shape index (κ1) is 5.06. The number of hydrogen-bond acceptors (Lipinski definition) is 1. The van der Waals surface area contributed by atoms with Crippen LogP contribution in [0.15, 0.2) is 4.85 Å². The number of nitrogens with one attached hydrogen (secondary N) is 1. The van der Waals surface area contributed by atoms with E-state index in [0.717, 1.165) is 6.54 Å². The average molecular weight is 90.1 g/mol. The zero-order valence-electron chi connectivity index (χ0n) is 3.15. The lowest BCUT2D eigenvalue weighted by atomic mass is 10.8. The van der Waals surface area contributed by atoms with Crippen LogP contribution in [0.4, 0.5) is 0 Å². The van der Waals surface area contributed by atoms with Gasteiger partial charge in [0.2, 0.25) is 0 Å². The zero-order chi connectivity index (χ0) is 4.12. The van der Waals surface area contributed by atoms with Gasteiger partial charge in [-0.1, -0.05) is 6.92 Å². The van der Waals surface area contributed by atoms with Crippen LogP contribution in [-0.2, 0) is 0 Å². The molecule has 0 bridgehead atoms. The van der Waals surface area contributed by atoms with Crippen molar-refractivity contribution in [2.75, 3.05) is 6.54 Å². The van der Waals surface area contributed by atoms with Crippen LogP contribution in [0.2, 0.25) is 0 Å². The third-order valence-corrected chi connectivity index (χ3v) is 0.395. The van der Waals surface area contributed by atoms with Crippen molar-refractivity contribution in [2.24, 2.45) is 4.85 Å².